The summed E-state index contributed by atoms with van der Waals surface area (Å²) in [5, 5.41) is 0. The minimum Gasteiger partial charge on any atom is -0.384 e. The molecule has 0 unspecified atom stereocenters. The van der Waals surface area contributed by atoms with Gasteiger partial charge in [0.05, 0.1) is 12.2 Å². The summed E-state index contributed by atoms with van der Waals surface area (Å²) in [5.41, 5.74) is 13.7. The van der Waals surface area contributed by atoms with Gasteiger partial charge in [-0.15, -0.1) is 0 Å². The van der Waals surface area contributed by atoms with Crippen molar-refractivity contribution in [1.82, 2.24) is 4.98 Å². The van der Waals surface area contributed by atoms with Gasteiger partial charge in [0.1, 0.15) is 5.82 Å². The Morgan fingerprint density at radius 2 is 2.15 bits per heavy atom. The van der Waals surface area contributed by atoms with E-state index < -0.39 is 0 Å². The minimum absolute atomic E-state index is 0.364. The fourth-order valence-corrected chi connectivity index (χ4v) is 1.19. The normalized spacial score (nSPS) is 9.15. The van der Waals surface area contributed by atoms with Gasteiger partial charge in [-0.25, -0.2) is 4.98 Å². The van der Waals surface area contributed by atoms with Crippen LogP contribution in [0, 0.1) is 25.7 Å². The molecule has 0 atom stereocenters. The fraction of sp³-hybridized carbons (Fsp3) is 0.300. The molecular formula is C10H13N3. The summed E-state index contributed by atoms with van der Waals surface area (Å²) in [6, 6.07) is 1.81. The van der Waals surface area contributed by atoms with E-state index in [0.717, 1.165) is 16.8 Å². The monoisotopic (exact) mass is 175 g/mol. The molecule has 13 heavy (non-hydrogen) atoms. The Labute approximate surface area is 78.2 Å². The Morgan fingerprint density at radius 1 is 1.46 bits per heavy atom. The van der Waals surface area contributed by atoms with Crippen molar-refractivity contribution in [3.63, 3.8) is 0 Å². The smallest absolute Gasteiger partial charge is 0.123 e. The molecule has 0 spiro atoms. The highest BCUT2D eigenvalue weighted by atomic mass is 14.8. The summed E-state index contributed by atoms with van der Waals surface area (Å²) >= 11 is 0. The molecule has 0 aromatic carbocycles. The van der Waals surface area contributed by atoms with Crippen LogP contribution in [0.25, 0.3) is 0 Å². The van der Waals surface area contributed by atoms with E-state index in [9.17, 15) is 0 Å². The first-order valence-corrected chi connectivity index (χ1v) is 4.08. The Kier molecular flexibility index (Phi) is 2.88. The van der Waals surface area contributed by atoms with E-state index in [-0.39, 0.29) is 0 Å². The number of nitrogen functional groups attached to an aromatic ring is 1. The van der Waals surface area contributed by atoms with Gasteiger partial charge in [-0.1, -0.05) is 11.8 Å². The molecule has 1 heterocycles. The van der Waals surface area contributed by atoms with Crippen LogP contribution in [0.4, 0.5) is 5.82 Å². The zero-order chi connectivity index (χ0) is 9.84. The number of rotatable bonds is 0. The average Bonchev–Trinajstić information content (AvgIpc) is 2.02. The molecule has 0 aliphatic carbocycles. The summed E-state index contributed by atoms with van der Waals surface area (Å²) in [6.07, 6.45) is 0. The number of nitrogens with zero attached hydrogens (tertiary/aromatic N) is 1. The van der Waals surface area contributed by atoms with E-state index in [0.29, 0.717) is 12.4 Å². The molecule has 3 nitrogen and oxygen atoms in total. The van der Waals surface area contributed by atoms with Crippen molar-refractivity contribution < 1.29 is 0 Å². The van der Waals surface area contributed by atoms with E-state index in [2.05, 4.69) is 16.8 Å². The van der Waals surface area contributed by atoms with Crippen LogP contribution < -0.4 is 11.5 Å². The summed E-state index contributed by atoms with van der Waals surface area (Å²) in [7, 11) is 0. The maximum atomic E-state index is 5.57. The van der Waals surface area contributed by atoms with E-state index in [1.807, 2.05) is 19.9 Å². The first-order valence-electron chi connectivity index (χ1n) is 4.08. The lowest BCUT2D eigenvalue weighted by molar-refractivity contribution is 1.17. The van der Waals surface area contributed by atoms with Gasteiger partial charge in [0.2, 0.25) is 0 Å². The Balaban J connectivity index is 3.21. The molecule has 0 saturated heterocycles. The van der Waals surface area contributed by atoms with Crippen molar-refractivity contribution in [2.45, 2.75) is 13.8 Å². The van der Waals surface area contributed by atoms with Crippen LogP contribution in [-0.4, -0.2) is 11.5 Å². The lowest BCUT2D eigenvalue weighted by Gasteiger charge is -2.03. The zero-order valence-electron chi connectivity index (χ0n) is 7.89. The average molecular weight is 175 g/mol. The maximum Gasteiger partial charge on any atom is 0.123 e. The second-order valence-electron chi connectivity index (χ2n) is 2.83. The third-order valence-corrected chi connectivity index (χ3v) is 1.73. The number of nitrogens with two attached hydrogens (primary N) is 2. The maximum absolute atomic E-state index is 5.57. The van der Waals surface area contributed by atoms with E-state index in [1.54, 1.807) is 0 Å². The quantitative estimate of drug-likeness (QED) is 0.567. The third-order valence-electron chi connectivity index (χ3n) is 1.73. The Hall–Kier alpha value is -1.53. The second kappa shape index (κ2) is 3.92. The van der Waals surface area contributed by atoms with E-state index in [4.69, 9.17) is 11.5 Å². The molecule has 0 fully saturated rings. The third kappa shape index (κ3) is 2.20. The lowest BCUT2D eigenvalue weighted by Crippen LogP contribution is -1.99. The van der Waals surface area contributed by atoms with Gasteiger partial charge >= 0.3 is 0 Å². The molecule has 0 amide bonds. The molecule has 1 aromatic heterocycles. The van der Waals surface area contributed by atoms with Crippen LogP contribution in [-0.2, 0) is 0 Å². The predicted octanol–water partition coefficient (Wildman–Crippen LogP) is 0.591. The summed E-state index contributed by atoms with van der Waals surface area (Å²) in [6.45, 7) is 4.22. The summed E-state index contributed by atoms with van der Waals surface area (Å²) in [4.78, 5) is 4.12. The SMILES string of the molecule is Cc1cc(N)nc(C)c1C#CCN. The number of pyridine rings is 1. The van der Waals surface area contributed by atoms with Gasteiger partial charge in [0, 0.05) is 5.56 Å². The molecule has 0 aliphatic heterocycles. The number of anilines is 1. The molecule has 68 valence electrons. The Morgan fingerprint density at radius 3 is 2.69 bits per heavy atom. The standard InChI is InChI=1S/C10H13N3/c1-7-6-10(12)13-8(2)9(7)4-3-5-11/h6H,5,11H2,1-2H3,(H2,12,13). The van der Waals surface area contributed by atoms with Crippen molar-refractivity contribution in [1.29, 1.82) is 0 Å². The number of aromatic nitrogens is 1. The van der Waals surface area contributed by atoms with Crippen LogP contribution in [0.15, 0.2) is 6.07 Å². The highest BCUT2D eigenvalue weighted by molar-refractivity contribution is 5.48. The molecule has 3 heteroatoms. The van der Waals surface area contributed by atoms with Crippen LogP contribution in [0.2, 0.25) is 0 Å². The van der Waals surface area contributed by atoms with Crippen molar-refractivity contribution in [3.05, 3.63) is 22.9 Å². The molecular weight excluding hydrogens is 162 g/mol. The number of aryl methyl sites for hydroxylation is 2. The summed E-state index contributed by atoms with van der Waals surface area (Å²) < 4.78 is 0. The number of hydrogen-bond donors (Lipinski definition) is 2. The van der Waals surface area contributed by atoms with E-state index >= 15 is 0 Å². The van der Waals surface area contributed by atoms with Gasteiger partial charge in [-0.3, -0.25) is 0 Å². The molecule has 4 N–H and O–H groups in total. The molecule has 1 aromatic rings. The highest BCUT2D eigenvalue weighted by Gasteiger charge is 2.01. The van der Waals surface area contributed by atoms with Crippen molar-refractivity contribution >= 4 is 5.82 Å². The van der Waals surface area contributed by atoms with Gasteiger partial charge in [0.25, 0.3) is 0 Å². The first kappa shape index (κ1) is 9.56. The fourth-order valence-electron chi connectivity index (χ4n) is 1.19. The lowest BCUT2D eigenvalue weighted by atomic mass is 10.1. The molecule has 0 bridgehead atoms. The Bertz CT molecular complexity index is 348. The van der Waals surface area contributed by atoms with Crippen LogP contribution >= 0.6 is 0 Å². The molecule has 0 radical (unpaired) electrons. The largest absolute Gasteiger partial charge is 0.384 e. The second-order valence-corrected chi connectivity index (χ2v) is 2.83. The molecule has 0 saturated carbocycles. The topological polar surface area (TPSA) is 64.9 Å². The van der Waals surface area contributed by atoms with Gasteiger partial charge in [-0.05, 0) is 25.5 Å². The summed E-state index contributed by atoms with van der Waals surface area (Å²) in [5.74, 6) is 6.31. The highest BCUT2D eigenvalue weighted by Crippen LogP contribution is 2.12. The molecule has 1 rings (SSSR count). The van der Waals surface area contributed by atoms with Crippen LogP contribution in [0.1, 0.15) is 16.8 Å². The van der Waals surface area contributed by atoms with Crippen molar-refractivity contribution in [3.8, 4) is 11.8 Å². The predicted molar refractivity (Wildman–Crippen MR) is 54.1 cm³/mol. The minimum atomic E-state index is 0.364. The van der Waals surface area contributed by atoms with Crippen LogP contribution in [0.5, 0.6) is 0 Å². The van der Waals surface area contributed by atoms with Gasteiger partial charge < -0.3 is 11.5 Å². The van der Waals surface area contributed by atoms with Crippen molar-refractivity contribution in [2.24, 2.45) is 5.73 Å². The van der Waals surface area contributed by atoms with Crippen molar-refractivity contribution in [2.75, 3.05) is 12.3 Å². The van der Waals surface area contributed by atoms with Crippen LogP contribution in [0.3, 0.4) is 0 Å². The van der Waals surface area contributed by atoms with E-state index in [1.165, 1.54) is 0 Å². The zero-order valence-corrected chi connectivity index (χ0v) is 7.89. The van der Waals surface area contributed by atoms with Gasteiger partial charge in [0.15, 0.2) is 0 Å². The first-order chi connectivity index (χ1) is 6.15. The number of hydrogen-bond acceptors (Lipinski definition) is 3. The van der Waals surface area contributed by atoms with Gasteiger partial charge in [-0.2, -0.15) is 0 Å². The molecule has 0 aliphatic rings.